The number of nitrogens with one attached hydrogen (secondary N) is 1. The van der Waals surface area contributed by atoms with Gasteiger partial charge in [-0.05, 0) is 26.4 Å². The number of carboxylic acids is 1. The number of hydrogen-bond donors (Lipinski definition) is 2. The zero-order valence-electron chi connectivity index (χ0n) is 7.42. The van der Waals surface area contributed by atoms with Crippen molar-refractivity contribution in [2.75, 3.05) is 26.7 Å². The first-order valence-electron chi connectivity index (χ1n) is 4.33. The maximum Gasteiger partial charge on any atom is 0.317 e. The minimum Gasteiger partial charge on any atom is -0.480 e. The van der Waals surface area contributed by atoms with Crippen LogP contribution in [-0.4, -0.2) is 48.7 Å². The molecule has 2 N–H and O–H groups in total. The summed E-state index contributed by atoms with van der Waals surface area (Å²) < 4.78 is 0. The number of likely N-dealkylation sites (tertiary alicyclic amines) is 1. The van der Waals surface area contributed by atoms with Crippen LogP contribution in [0.15, 0.2) is 0 Å². The van der Waals surface area contributed by atoms with Crippen molar-refractivity contribution in [3.63, 3.8) is 0 Å². The second kappa shape index (κ2) is 4.42. The van der Waals surface area contributed by atoms with Gasteiger partial charge in [-0.15, -0.1) is 0 Å². The summed E-state index contributed by atoms with van der Waals surface area (Å²) in [6.45, 7) is 2.01. The predicted molar refractivity (Wildman–Crippen MR) is 46.2 cm³/mol. The predicted octanol–water partition coefficient (Wildman–Crippen LogP) is -0.245. The Morgan fingerprint density at radius 1 is 1.75 bits per heavy atom. The molecule has 0 aromatic heterocycles. The van der Waals surface area contributed by atoms with Crippen LogP contribution < -0.4 is 5.32 Å². The summed E-state index contributed by atoms with van der Waals surface area (Å²) in [6.07, 6.45) is 2.42. The van der Waals surface area contributed by atoms with Gasteiger partial charge in [-0.1, -0.05) is 0 Å². The minimum atomic E-state index is -0.782. The van der Waals surface area contributed by atoms with Crippen molar-refractivity contribution in [1.82, 2.24) is 10.2 Å². The molecule has 1 heterocycles. The molecule has 4 heteroatoms. The number of hydrogen-bond acceptors (Lipinski definition) is 3. The van der Waals surface area contributed by atoms with Crippen LogP contribution in [0.5, 0.6) is 0 Å². The summed E-state index contributed by atoms with van der Waals surface area (Å²) in [4.78, 5) is 12.5. The molecule has 4 nitrogen and oxygen atoms in total. The number of carboxylic acid groups (broad SMARTS) is 1. The van der Waals surface area contributed by atoms with Gasteiger partial charge in [0.15, 0.2) is 0 Å². The fourth-order valence-corrected chi connectivity index (χ4v) is 1.58. The van der Waals surface area contributed by atoms with Crippen molar-refractivity contribution in [3.8, 4) is 0 Å². The molecule has 0 bridgehead atoms. The van der Waals surface area contributed by atoms with Crippen molar-refractivity contribution >= 4 is 5.97 Å². The molecule has 1 atom stereocenters. The molecule has 1 aliphatic rings. The molecule has 0 aliphatic carbocycles. The van der Waals surface area contributed by atoms with Gasteiger partial charge in [-0.2, -0.15) is 0 Å². The molecule has 0 spiro atoms. The van der Waals surface area contributed by atoms with Crippen LogP contribution in [0.1, 0.15) is 12.8 Å². The fourth-order valence-electron chi connectivity index (χ4n) is 1.58. The summed E-state index contributed by atoms with van der Waals surface area (Å²) in [5.41, 5.74) is 0. The van der Waals surface area contributed by atoms with Crippen molar-refractivity contribution in [2.45, 2.75) is 18.9 Å². The third-order valence-electron chi connectivity index (χ3n) is 2.33. The summed E-state index contributed by atoms with van der Waals surface area (Å²) in [5, 5.41) is 11.3. The highest BCUT2D eigenvalue weighted by Crippen LogP contribution is 2.13. The van der Waals surface area contributed by atoms with Gasteiger partial charge in [-0.25, -0.2) is 0 Å². The van der Waals surface area contributed by atoms with Crippen LogP contribution in [0.2, 0.25) is 0 Å². The van der Waals surface area contributed by atoms with Crippen LogP contribution in [0.4, 0.5) is 0 Å². The molecule has 0 radical (unpaired) electrons. The van der Waals surface area contributed by atoms with E-state index >= 15 is 0 Å². The zero-order valence-corrected chi connectivity index (χ0v) is 7.42. The summed E-state index contributed by atoms with van der Waals surface area (Å²) >= 11 is 0. The molecule has 1 aliphatic heterocycles. The summed E-state index contributed by atoms with van der Waals surface area (Å²) in [6, 6.07) is 0.532. The van der Waals surface area contributed by atoms with E-state index < -0.39 is 5.97 Å². The van der Waals surface area contributed by atoms with Crippen LogP contribution in [0, 0.1) is 0 Å². The molecule has 70 valence electrons. The van der Waals surface area contributed by atoms with Crippen molar-refractivity contribution in [1.29, 1.82) is 0 Å². The van der Waals surface area contributed by atoms with E-state index in [9.17, 15) is 4.79 Å². The summed E-state index contributed by atoms with van der Waals surface area (Å²) in [5.74, 6) is -0.782. The number of aliphatic carboxylic acids is 1. The zero-order chi connectivity index (χ0) is 8.97. The lowest BCUT2D eigenvalue weighted by Gasteiger charge is -2.18. The Bertz CT molecular complexity index is 161. The quantitative estimate of drug-likeness (QED) is 0.614. The Kier molecular flexibility index (Phi) is 3.49. The van der Waals surface area contributed by atoms with Crippen LogP contribution in [-0.2, 0) is 4.79 Å². The monoisotopic (exact) mass is 172 g/mol. The first-order valence-corrected chi connectivity index (χ1v) is 4.33. The Balaban J connectivity index is 2.10. The first kappa shape index (κ1) is 9.48. The van der Waals surface area contributed by atoms with E-state index in [0.717, 1.165) is 13.1 Å². The molecule has 0 amide bonds. The molecule has 0 aromatic rings. The highest BCUT2D eigenvalue weighted by atomic mass is 16.4. The lowest BCUT2D eigenvalue weighted by molar-refractivity contribution is -0.136. The number of nitrogens with zero attached hydrogens (tertiary/aromatic N) is 1. The van der Waals surface area contributed by atoms with Gasteiger partial charge in [-0.3, -0.25) is 4.79 Å². The Hall–Kier alpha value is -0.610. The second-order valence-corrected chi connectivity index (χ2v) is 3.30. The van der Waals surface area contributed by atoms with Gasteiger partial charge in [0.1, 0.15) is 0 Å². The van der Waals surface area contributed by atoms with E-state index in [1.807, 2.05) is 0 Å². The smallest absolute Gasteiger partial charge is 0.317 e. The van der Waals surface area contributed by atoms with Crippen molar-refractivity contribution < 1.29 is 9.90 Å². The lowest BCUT2D eigenvalue weighted by Crippen LogP contribution is -2.37. The van der Waals surface area contributed by atoms with Gasteiger partial charge in [0.25, 0.3) is 0 Å². The van der Waals surface area contributed by atoms with E-state index in [1.54, 1.807) is 0 Å². The van der Waals surface area contributed by atoms with E-state index in [2.05, 4.69) is 17.3 Å². The van der Waals surface area contributed by atoms with Crippen molar-refractivity contribution in [3.05, 3.63) is 0 Å². The molecule has 0 unspecified atom stereocenters. The Labute approximate surface area is 72.6 Å². The van der Waals surface area contributed by atoms with E-state index in [-0.39, 0.29) is 6.54 Å². The van der Waals surface area contributed by atoms with Gasteiger partial charge < -0.3 is 15.3 Å². The summed E-state index contributed by atoms with van der Waals surface area (Å²) in [7, 11) is 2.08. The average molecular weight is 172 g/mol. The van der Waals surface area contributed by atoms with Gasteiger partial charge in [0, 0.05) is 12.6 Å². The molecule has 12 heavy (non-hydrogen) atoms. The highest BCUT2D eigenvalue weighted by Gasteiger charge is 2.19. The molecular formula is C8H16N2O2. The Morgan fingerprint density at radius 3 is 3.00 bits per heavy atom. The van der Waals surface area contributed by atoms with Crippen LogP contribution >= 0.6 is 0 Å². The lowest BCUT2D eigenvalue weighted by atomic mass is 10.2. The highest BCUT2D eigenvalue weighted by molar-refractivity contribution is 5.68. The first-order chi connectivity index (χ1) is 5.70. The van der Waals surface area contributed by atoms with E-state index in [4.69, 9.17) is 5.11 Å². The minimum absolute atomic E-state index is 0.0737. The molecule has 1 rings (SSSR count). The van der Waals surface area contributed by atoms with E-state index in [1.165, 1.54) is 12.8 Å². The molecule has 0 aromatic carbocycles. The standard InChI is InChI=1S/C8H16N2O2/c1-10-4-2-3-7(10)5-9-6-8(11)12/h7,9H,2-6H2,1H3,(H,11,12)/t7-/m0/s1. The number of likely N-dealkylation sites (N-methyl/N-ethyl adjacent to an activating group) is 1. The van der Waals surface area contributed by atoms with Gasteiger partial charge in [0.2, 0.25) is 0 Å². The van der Waals surface area contributed by atoms with Crippen LogP contribution in [0.3, 0.4) is 0 Å². The fraction of sp³-hybridized carbons (Fsp3) is 0.875. The normalized spacial score (nSPS) is 24.6. The number of rotatable bonds is 4. The third kappa shape index (κ3) is 2.79. The average Bonchev–Trinajstić information content (AvgIpc) is 2.36. The number of carbonyl (C=O) groups is 1. The maximum absolute atomic E-state index is 10.2. The van der Waals surface area contributed by atoms with Crippen molar-refractivity contribution in [2.24, 2.45) is 0 Å². The molecule has 1 fully saturated rings. The molecule has 0 saturated carbocycles. The van der Waals surface area contributed by atoms with E-state index in [0.29, 0.717) is 6.04 Å². The second-order valence-electron chi connectivity index (χ2n) is 3.30. The third-order valence-corrected chi connectivity index (χ3v) is 2.33. The molecule has 1 saturated heterocycles. The SMILES string of the molecule is CN1CCC[C@H]1CNCC(=O)O. The largest absolute Gasteiger partial charge is 0.480 e. The van der Waals surface area contributed by atoms with Crippen LogP contribution in [0.25, 0.3) is 0 Å². The molecular weight excluding hydrogens is 156 g/mol. The maximum atomic E-state index is 10.2. The topological polar surface area (TPSA) is 52.6 Å². The van der Waals surface area contributed by atoms with Gasteiger partial charge in [0.05, 0.1) is 6.54 Å². The Morgan fingerprint density at radius 2 is 2.50 bits per heavy atom. The van der Waals surface area contributed by atoms with Gasteiger partial charge >= 0.3 is 5.97 Å².